The maximum Gasteiger partial charge on any atom is 0.147 e. The van der Waals surface area contributed by atoms with Crippen molar-refractivity contribution in [1.82, 2.24) is 20.2 Å². The van der Waals surface area contributed by atoms with Crippen LogP contribution < -0.4 is 10.6 Å². The van der Waals surface area contributed by atoms with E-state index in [4.69, 9.17) is 0 Å². The molecule has 33 heavy (non-hydrogen) atoms. The van der Waals surface area contributed by atoms with Crippen molar-refractivity contribution in [3.05, 3.63) is 79.2 Å². The first-order valence-electron chi connectivity index (χ1n) is 11.0. The van der Waals surface area contributed by atoms with Gasteiger partial charge in [0.1, 0.15) is 12.1 Å². The fraction of sp³-hybridized carbons (Fsp3) is 0.308. The molecule has 3 aromatic rings. The zero-order valence-electron chi connectivity index (χ0n) is 19.5. The molecule has 174 valence electrons. The van der Waals surface area contributed by atoms with Crippen LogP contribution in [-0.4, -0.2) is 61.8 Å². The minimum Gasteiger partial charge on any atom is -0.388 e. The summed E-state index contributed by atoms with van der Waals surface area (Å²) >= 11 is 1.72. The molecular weight excluding hydrogens is 430 g/mol. The molecule has 0 aliphatic carbocycles. The SMILES string of the molecule is C=C/C=C(\C=C)CNc1ncnc2cc(-c3ccc(CN4CCNCC4)cc3)sc12.COC. The second-order valence-corrected chi connectivity index (χ2v) is 8.77. The molecule has 0 amide bonds. The fourth-order valence-electron chi connectivity index (χ4n) is 3.56. The van der Waals surface area contributed by atoms with Crippen molar-refractivity contribution in [3.63, 3.8) is 0 Å². The smallest absolute Gasteiger partial charge is 0.147 e. The normalized spacial score (nSPS) is 14.4. The lowest BCUT2D eigenvalue weighted by molar-refractivity contribution is 0.233. The lowest BCUT2D eigenvalue weighted by Gasteiger charge is -2.27. The number of rotatable bonds is 8. The van der Waals surface area contributed by atoms with E-state index >= 15 is 0 Å². The maximum absolute atomic E-state index is 4.46. The molecular formula is C26H33N5OS. The quantitative estimate of drug-likeness (QED) is 0.471. The monoisotopic (exact) mass is 463 g/mol. The predicted molar refractivity (Wildman–Crippen MR) is 141 cm³/mol. The molecule has 1 aliphatic heterocycles. The van der Waals surface area contributed by atoms with Gasteiger partial charge in [-0.3, -0.25) is 4.90 Å². The van der Waals surface area contributed by atoms with E-state index in [1.807, 2.05) is 12.2 Å². The Morgan fingerprint density at radius 3 is 2.58 bits per heavy atom. The van der Waals surface area contributed by atoms with Gasteiger partial charge in [0, 0.05) is 58.4 Å². The van der Waals surface area contributed by atoms with Crippen molar-refractivity contribution in [1.29, 1.82) is 0 Å². The largest absolute Gasteiger partial charge is 0.388 e. The third-order valence-electron chi connectivity index (χ3n) is 5.22. The lowest BCUT2D eigenvalue weighted by Crippen LogP contribution is -2.42. The molecule has 6 nitrogen and oxygen atoms in total. The highest BCUT2D eigenvalue weighted by atomic mass is 32.1. The molecule has 2 N–H and O–H groups in total. The van der Waals surface area contributed by atoms with Gasteiger partial charge in [0.25, 0.3) is 0 Å². The Morgan fingerprint density at radius 2 is 1.91 bits per heavy atom. The van der Waals surface area contributed by atoms with Gasteiger partial charge >= 0.3 is 0 Å². The van der Waals surface area contributed by atoms with Crippen LogP contribution in [0.3, 0.4) is 0 Å². The molecule has 0 atom stereocenters. The second-order valence-electron chi connectivity index (χ2n) is 7.71. The van der Waals surface area contributed by atoms with Crippen molar-refractivity contribution in [3.8, 4) is 10.4 Å². The topological polar surface area (TPSA) is 62.3 Å². The molecule has 0 radical (unpaired) electrons. The number of methoxy groups -OCH3 is 1. The first-order valence-corrected chi connectivity index (χ1v) is 11.8. The summed E-state index contributed by atoms with van der Waals surface area (Å²) in [5.74, 6) is 0.850. The molecule has 0 bridgehead atoms. The number of thiophene rings is 1. The Balaban J connectivity index is 0.000000968. The number of allylic oxidation sites excluding steroid dienone is 2. The zero-order chi connectivity index (χ0) is 23.5. The molecule has 2 aromatic heterocycles. The number of nitrogens with one attached hydrogen (secondary N) is 2. The number of nitrogens with zero attached hydrogens (tertiary/aromatic N) is 3. The average Bonchev–Trinajstić information content (AvgIpc) is 3.28. The molecule has 0 spiro atoms. The van der Waals surface area contributed by atoms with E-state index in [2.05, 4.69) is 73.7 Å². The van der Waals surface area contributed by atoms with Gasteiger partial charge in [0.15, 0.2) is 0 Å². The van der Waals surface area contributed by atoms with Crippen LogP contribution in [0.4, 0.5) is 5.82 Å². The molecule has 3 heterocycles. The van der Waals surface area contributed by atoms with Gasteiger partial charge in [-0.25, -0.2) is 9.97 Å². The zero-order valence-corrected chi connectivity index (χ0v) is 20.3. The summed E-state index contributed by atoms with van der Waals surface area (Å²) in [6.45, 7) is 13.6. The average molecular weight is 464 g/mol. The molecule has 1 fully saturated rings. The van der Waals surface area contributed by atoms with Crippen LogP contribution >= 0.6 is 11.3 Å². The van der Waals surface area contributed by atoms with Gasteiger partial charge in [-0.2, -0.15) is 0 Å². The van der Waals surface area contributed by atoms with Crippen molar-refractivity contribution in [2.24, 2.45) is 0 Å². The highest BCUT2D eigenvalue weighted by Crippen LogP contribution is 2.35. The number of anilines is 1. The standard InChI is InChI=1S/C24H27N5S.C2H6O/c1-3-5-18(4-2)15-26-24-23-21(27-17-28-24)14-22(30-23)20-8-6-19(7-9-20)16-29-12-10-25-11-13-29;1-3-2/h3-9,14,17,25H,1-2,10-13,15-16H2,(H,26,27,28);1-2H3/b18-5+;. The minimum absolute atomic E-state index is 0.648. The van der Waals surface area contributed by atoms with Gasteiger partial charge in [-0.05, 0) is 22.8 Å². The Labute approximate surface area is 200 Å². The van der Waals surface area contributed by atoms with Crippen molar-refractivity contribution >= 4 is 27.4 Å². The van der Waals surface area contributed by atoms with Crippen LogP contribution in [0.25, 0.3) is 20.7 Å². The van der Waals surface area contributed by atoms with E-state index in [0.717, 1.165) is 54.3 Å². The van der Waals surface area contributed by atoms with E-state index in [1.54, 1.807) is 38.0 Å². The summed E-state index contributed by atoms with van der Waals surface area (Å²) in [7, 11) is 3.25. The number of benzene rings is 1. The Bertz CT molecular complexity index is 1070. The third-order valence-corrected chi connectivity index (χ3v) is 6.40. The summed E-state index contributed by atoms with van der Waals surface area (Å²) in [5.41, 5.74) is 4.60. The summed E-state index contributed by atoms with van der Waals surface area (Å²) in [5, 5.41) is 6.81. The molecule has 1 aromatic carbocycles. The molecule has 7 heteroatoms. The summed E-state index contributed by atoms with van der Waals surface area (Å²) in [6.07, 6.45) is 7.15. The van der Waals surface area contributed by atoms with Gasteiger partial charge in [0.2, 0.25) is 0 Å². The molecule has 1 saturated heterocycles. The number of ether oxygens (including phenoxy) is 1. The van der Waals surface area contributed by atoms with E-state index in [-0.39, 0.29) is 0 Å². The second kappa shape index (κ2) is 13.0. The van der Waals surface area contributed by atoms with E-state index in [1.165, 1.54) is 16.0 Å². The lowest BCUT2D eigenvalue weighted by atomic mass is 10.1. The van der Waals surface area contributed by atoms with Crippen LogP contribution in [0, 0.1) is 0 Å². The minimum atomic E-state index is 0.648. The van der Waals surface area contributed by atoms with E-state index in [9.17, 15) is 0 Å². The Hall–Kier alpha value is -2.84. The van der Waals surface area contributed by atoms with Crippen molar-refractivity contribution < 1.29 is 4.74 Å². The van der Waals surface area contributed by atoms with Gasteiger partial charge in [-0.1, -0.05) is 55.7 Å². The van der Waals surface area contributed by atoms with Crippen LogP contribution in [0.1, 0.15) is 5.56 Å². The van der Waals surface area contributed by atoms with Crippen molar-refractivity contribution in [2.75, 3.05) is 52.3 Å². The highest BCUT2D eigenvalue weighted by molar-refractivity contribution is 7.22. The first kappa shape index (κ1) is 24.8. The predicted octanol–water partition coefficient (Wildman–Crippen LogP) is 4.74. The van der Waals surface area contributed by atoms with Gasteiger partial charge < -0.3 is 15.4 Å². The van der Waals surface area contributed by atoms with Crippen LogP contribution in [0.2, 0.25) is 0 Å². The van der Waals surface area contributed by atoms with Crippen LogP contribution in [0.15, 0.2) is 73.6 Å². The molecule has 4 rings (SSSR count). The Morgan fingerprint density at radius 1 is 1.18 bits per heavy atom. The number of hydrogen-bond donors (Lipinski definition) is 2. The molecule has 1 aliphatic rings. The number of hydrogen-bond acceptors (Lipinski definition) is 7. The summed E-state index contributed by atoms with van der Waals surface area (Å²) in [4.78, 5) is 12.6. The van der Waals surface area contributed by atoms with E-state index < -0.39 is 0 Å². The summed E-state index contributed by atoms with van der Waals surface area (Å²) in [6, 6.07) is 11.1. The van der Waals surface area contributed by atoms with Crippen LogP contribution in [-0.2, 0) is 11.3 Å². The van der Waals surface area contributed by atoms with E-state index in [0.29, 0.717) is 6.54 Å². The Kier molecular flexibility index (Phi) is 9.77. The van der Waals surface area contributed by atoms with Gasteiger partial charge in [-0.15, -0.1) is 11.3 Å². The maximum atomic E-state index is 4.46. The van der Waals surface area contributed by atoms with Crippen LogP contribution in [0.5, 0.6) is 0 Å². The number of piperazine rings is 1. The first-order chi connectivity index (χ1) is 16.2. The molecule has 0 unspecified atom stereocenters. The molecule has 0 saturated carbocycles. The summed E-state index contributed by atoms with van der Waals surface area (Å²) < 4.78 is 5.32. The van der Waals surface area contributed by atoms with Gasteiger partial charge in [0.05, 0.1) is 10.2 Å². The number of fused-ring (bicyclic) bond motifs is 1. The fourth-order valence-corrected chi connectivity index (χ4v) is 4.64. The highest BCUT2D eigenvalue weighted by Gasteiger charge is 2.12. The third kappa shape index (κ3) is 7.07. The van der Waals surface area contributed by atoms with Crippen molar-refractivity contribution in [2.45, 2.75) is 6.54 Å². The number of aromatic nitrogens is 2.